The van der Waals surface area contributed by atoms with Crippen molar-refractivity contribution in [3.05, 3.63) is 47.5 Å². The van der Waals surface area contributed by atoms with Crippen molar-refractivity contribution in [1.82, 2.24) is 0 Å². The van der Waals surface area contributed by atoms with Gasteiger partial charge in [0.25, 0.3) is 10.1 Å². The van der Waals surface area contributed by atoms with Gasteiger partial charge in [-0.1, -0.05) is 44.9 Å². The second-order valence-electron chi connectivity index (χ2n) is 7.67. The summed E-state index contributed by atoms with van der Waals surface area (Å²) < 4.78 is 37.9. The minimum absolute atomic E-state index is 0.249. The van der Waals surface area contributed by atoms with Crippen molar-refractivity contribution in [3.63, 3.8) is 0 Å². The van der Waals surface area contributed by atoms with E-state index >= 15 is 0 Å². The number of nitrogens with zero attached hydrogens (tertiary/aromatic N) is 1. The van der Waals surface area contributed by atoms with E-state index in [0.717, 1.165) is 61.4 Å². The Morgan fingerprint density at radius 3 is 2.41 bits per heavy atom. The second-order valence-corrected chi connectivity index (χ2v) is 9.24. The van der Waals surface area contributed by atoms with Gasteiger partial charge in [0.1, 0.15) is 0 Å². The monoisotopic (exact) mass is 417 g/mol. The van der Waals surface area contributed by atoms with Crippen molar-refractivity contribution >= 4 is 21.5 Å². The molecule has 2 aromatic rings. The molecule has 158 valence electrons. The SMILES string of the molecule is CCCCc1cc(CCCC)c2c(c1)Oc1ccccc1N2CCCS(=O)(=O)O. The highest BCUT2D eigenvalue weighted by Crippen LogP contribution is 2.49. The molecule has 0 saturated heterocycles. The van der Waals surface area contributed by atoms with Crippen LogP contribution in [-0.2, 0) is 23.0 Å². The smallest absolute Gasteiger partial charge is 0.264 e. The van der Waals surface area contributed by atoms with E-state index < -0.39 is 10.1 Å². The fourth-order valence-corrected chi connectivity index (χ4v) is 4.33. The highest BCUT2D eigenvalue weighted by atomic mass is 32.2. The molecule has 3 rings (SSSR count). The van der Waals surface area contributed by atoms with Crippen LogP contribution >= 0.6 is 0 Å². The average molecular weight is 418 g/mol. The fourth-order valence-electron chi connectivity index (χ4n) is 3.84. The third-order valence-electron chi connectivity index (χ3n) is 5.26. The zero-order chi connectivity index (χ0) is 20.9. The van der Waals surface area contributed by atoms with E-state index in [1.54, 1.807) is 0 Å². The summed E-state index contributed by atoms with van der Waals surface area (Å²) in [7, 11) is -3.98. The number of ether oxygens (including phenoxy) is 1. The number of hydrogen-bond donors (Lipinski definition) is 1. The molecule has 0 spiro atoms. The van der Waals surface area contributed by atoms with E-state index in [1.807, 2.05) is 24.3 Å². The Morgan fingerprint density at radius 1 is 0.966 bits per heavy atom. The summed E-state index contributed by atoms with van der Waals surface area (Å²) in [5, 5.41) is 0. The predicted molar refractivity (Wildman–Crippen MR) is 118 cm³/mol. The van der Waals surface area contributed by atoms with Crippen molar-refractivity contribution in [1.29, 1.82) is 0 Å². The normalized spacial score (nSPS) is 13.0. The van der Waals surface area contributed by atoms with E-state index in [9.17, 15) is 8.42 Å². The van der Waals surface area contributed by atoms with Gasteiger partial charge in [0.05, 0.1) is 17.1 Å². The molecule has 1 N–H and O–H groups in total. The van der Waals surface area contributed by atoms with Crippen molar-refractivity contribution < 1.29 is 17.7 Å². The Hall–Kier alpha value is -2.05. The lowest BCUT2D eigenvalue weighted by molar-refractivity contribution is 0.469. The maximum absolute atomic E-state index is 11.2. The standard InChI is InChI=1S/C23H31NO4S/c1-3-5-10-18-16-19(11-6-4-2)23-22(17-18)28-21-13-8-7-12-20(21)24(23)14-9-15-29(25,26)27/h7-8,12-13,16-17H,3-6,9-11,14-15H2,1-2H3,(H,25,26,27). The van der Waals surface area contributed by atoms with Crippen LogP contribution in [0.4, 0.5) is 11.4 Å². The zero-order valence-electron chi connectivity index (χ0n) is 17.4. The molecular weight excluding hydrogens is 386 g/mol. The number of anilines is 2. The predicted octanol–water partition coefficient (Wildman–Crippen LogP) is 5.89. The topological polar surface area (TPSA) is 66.8 Å². The molecule has 1 heterocycles. The Morgan fingerprint density at radius 2 is 1.69 bits per heavy atom. The molecule has 0 aromatic heterocycles. The Kier molecular flexibility index (Phi) is 7.19. The van der Waals surface area contributed by atoms with E-state index in [0.29, 0.717) is 13.0 Å². The van der Waals surface area contributed by atoms with E-state index in [-0.39, 0.29) is 5.75 Å². The highest BCUT2D eigenvalue weighted by molar-refractivity contribution is 7.85. The summed E-state index contributed by atoms with van der Waals surface area (Å²) in [6.07, 6.45) is 6.80. The Bertz CT molecular complexity index is 940. The summed E-state index contributed by atoms with van der Waals surface area (Å²) in [4.78, 5) is 2.16. The molecule has 0 radical (unpaired) electrons. The lowest BCUT2D eigenvalue weighted by Crippen LogP contribution is -2.25. The van der Waals surface area contributed by atoms with Crippen molar-refractivity contribution in [3.8, 4) is 11.5 Å². The van der Waals surface area contributed by atoms with Gasteiger partial charge in [-0.3, -0.25) is 4.55 Å². The summed E-state index contributed by atoms with van der Waals surface area (Å²) >= 11 is 0. The van der Waals surface area contributed by atoms with Gasteiger partial charge in [0.2, 0.25) is 0 Å². The minimum Gasteiger partial charge on any atom is -0.453 e. The van der Waals surface area contributed by atoms with Crippen LogP contribution < -0.4 is 9.64 Å². The molecule has 0 unspecified atom stereocenters. The van der Waals surface area contributed by atoms with Crippen molar-refractivity contribution in [2.75, 3.05) is 17.2 Å². The highest BCUT2D eigenvalue weighted by Gasteiger charge is 2.27. The molecule has 5 nitrogen and oxygen atoms in total. The van der Waals surface area contributed by atoms with Crippen LogP contribution in [0.3, 0.4) is 0 Å². The van der Waals surface area contributed by atoms with Gasteiger partial charge in [0.15, 0.2) is 11.5 Å². The van der Waals surface area contributed by atoms with Gasteiger partial charge in [-0.05, 0) is 61.4 Å². The Balaban J connectivity index is 2.02. The molecule has 6 heteroatoms. The number of para-hydroxylation sites is 2. The van der Waals surface area contributed by atoms with Crippen LogP contribution in [-0.4, -0.2) is 25.3 Å². The van der Waals surface area contributed by atoms with Gasteiger partial charge in [-0.15, -0.1) is 0 Å². The van der Waals surface area contributed by atoms with E-state index in [2.05, 4.69) is 30.9 Å². The molecule has 29 heavy (non-hydrogen) atoms. The third kappa shape index (κ3) is 5.52. The molecule has 2 aromatic carbocycles. The molecule has 0 atom stereocenters. The molecular formula is C23H31NO4S. The van der Waals surface area contributed by atoms with Gasteiger partial charge >= 0.3 is 0 Å². The molecule has 0 fully saturated rings. The van der Waals surface area contributed by atoms with Gasteiger partial charge < -0.3 is 9.64 Å². The van der Waals surface area contributed by atoms with Gasteiger partial charge in [-0.2, -0.15) is 8.42 Å². The number of rotatable bonds is 10. The number of aryl methyl sites for hydroxylation is 2. The maximum atomic E-state index is 11.2. The summed E-state index contributed by atoms with van der Waals surface area (Å²) in [6, 6.07) is 12.3. The van der Waals surface area contributed by atoms with Crippen LogP contribution in [0, 0.1) is 0 Å². The number of unbranched alkanes of at least 4 members (excludes halogenated alkanes) is 2. The van der Waals surface area contributed by atoms with Gasteiger partial charge in [-0.25, -0.2) is 0 Å². The summed E-state index contributed by atoms with van der Waals surface area (Å²) in [5.41, 5.74) is 4.51. The quantitative estimate of drug-likeness (QED) is 0.488. The van der Waals surface area contributed by atoms with Crippen LogP contribution in [0.5, 0.6) is 11.5 Å². The molecule has 0 amide bonds. The van der Waals surface area contributed by atoms with Crippen LogP contribution in [0.1, 0.15) is 57.1 Å². The minimum atomic E-state index is -3.98. The van der Waals surface area contributed by atoms with E-state index in [1.165, 1.54) is 11.1 Å². The maximum Gasteiger partial charge on any atom is 0.264 e. The van der Waals surface area contributed by atoms with Crippen LogP contribution in [0.25, 0.3) is 0 Å². The molecule has 1 aliphatic rings. The first-order valence-corrected chi connectivity index (χ1v) is 12.2. The lowest BCUT2D eigenvalue weighted by atomic mass is 9.97. The van der Waals surface area contributed by atoms with Crippen molar-refractivity contribution in [2.45, 2.75) is 58.8 Å². The van der Waals surface area contributed by atoms with Crippen molar-refractivity contribution in [2.24, 2.45) is 0 Å². The average Bonchev–Trinajstić information content (AvgIpc) is 2.68. The Labute approximate surface area is 174 Å². The second kappa shape index (κ2) is 9.63. The number of benzene rings is 2. The number of hydrogen-bond acceptors (Lipinski definition) is 4. The van der Waals surface area contributed by atoms with Crippen LogP contribution in [0.2, 0.25) is 0 Å². The first kappa shape index (κ1) is 21.7. The molecule has 0 bridgehead atoms. The van der Waals surface area contributed by atoms with Crippen LogP contribution in [0.15, 0.2) is 36.4 Å². The zero-order valence-corrected chi connectivity index (χ0v) is 18.2. The largest absolute Gasteiger partial charge is 0.453 e. The number of fused-ring (bicyclic) bond motifs is 2. The molecule has 1 aliphatic heterocycles. The fraction of sp³-hybridized carbons (Fsp3) is 0.478. The van der Waals surface area contributed by atoms with Gasteiger partial charge in [0, 0.05) is 6.54 Å². The third-order valence-corrected chi connectivity index (χ3v) is 6.07. The first-order valence-electron chi connectivity index (χ1n) is 10.6. The van der Waals surface area contributed by atoms with E-state index in [4.69, 9.17) is 9.29 Å². The molecule has 0 aliphatic carbocycles. The molecule has 0 saturated carbocycles. The first-order chi connectivity index (χ1) is 13.9. The summed E-state index contributed by atoms with van der Waals surface area (Å²) in [6.45, 7) is 4.88. The summed E-state index contributed by atoms with van der Waals surface area (Å²) in [5.74, 6) is 1.37. The lowest BCUT2D eigenvalue weighted by Gasteiger charge is -2.35.